The molecule has 0 aliphatic carbocycles. The fourth-order valence-corrected chi connectivity index (χ4v) is 1.56. The van der Waals surface area contributed by atoms with Crippen LogP contribution in [0.4, 0.5) is 0 Å². The van der Waals surface area contributed by atoms with Crippen LogP contribution in [0.3, 0.4) is 0 Å². The first-order chi connectivity index (χ1) is 4.68. The maximum absolute atomic E-state index is 8.61. The van der Waals surface area contributed by atoms with Gasteiger partial charge in [-0.05, 0) is 6.92 Å². The second-order valence-corrected chi connectivity index (χ2v) is 4.26. The zero-order valence-corrected chi connectivity index (χ0v) is 8.06. The number of rotatable bonds is 4. The molecule has 10 heavy (non-hydrogen) atoms. The molecule has 0 aliphatic heterocycles. The molecule has 0 spiro atoms. The Bertz CT molecular complexity index is 134. The third-order valence-corrected chi connectivity index (χ3v) is 3.38. The van der Waals surface area contributed by atoms with E-state index >= 15 is 0 Å². The molecule has 4 heteroatoms. The summed E-state index contributed by atoms with van der Waals surface area (Å²) in [5, 5.41) is 8.61. The second-order valence-electron chi connectivity index (χ2n) is 2.01. The highest BCUT2D eigenvalue weighted by Crippen LogP contribution is 2.25. The lowest BCUT2D eigenvalue weighted by Gasteiger charge is -2.15. The van der Waals surface area contributed by atoms with Crippen molar-refractivity contribution in [3.63, 3.8) is 0 Å². The average Bonchev–Trinajstić information content (AvgIpc) is 2.00. The quantitative estimate of drug-likeness (QED) is 0.648. The number of hydrogen-bond donors (Lipinski definition) is 0. The van der Waals surface area contributed by atoms with Crippen LogP contribution in [-0.4, -0.2) is 22.3 Å². The first kappa shape index (κ1) is 10.4. The van der Waals surface area contributed by atoms with Crippen LogP contribution in [-0.2, 0) is 0 Å². The SMILES string of the molecule is CC(C#N)(CCl)SCCCl. The number of nitriles is 1. The normalized spacial score (nSPS) is 15.8. The summed E-state index contributed by atoms with van der Waals surface area (Å²) in [6.07, 6.45) is 0. The summed E-state index contributed by atoms with van der Waals surface area (Å²) in [4.78, 5) is 0. The van der Waals surface area contributed by atoms with Gasteiger partial charge in [0.25, 0.3) is 0 Å². The lowest BCUT2D eigenvalue weighted by molar-refractivity contribution is 0.923. The molecule has 0 bridgehead atoms. The van der Waals surface area contributed by atoms with Gasteiger partial charge in [-0.2, -0.15) is 5.26 Å². The second kappa shape index (κ2) is 5.12. The Hall–Kier alpha value is 0.420. The Morgan fingerprint density at radius 1 is 1.60 bits per heavy atom. The monoisotopic (exact) mass is 197 g/mol. The smallest absolute Gasteiger partial charge is 0.113 e. The summed E-state index contributed by atoms with van der Waals surface area (Å²) in [5.74, 6) is 1.70. The summed E-state index contributed by atoms with van der Waals surface area (Å²) >= 11 is 12.5. The van der Waals surface area contributed by atoms with Gasteiger partial charge in [0, 0.05) is 11.6 Å². The highest BCUT2D eigenvalue weighted by atomic mass is 35.5. The largest absolute Gasteiger partial charge is 0.197 e. The van der Waals surface area contributed by atoms with E-state index in [2.05, 4.69) is 6.07 Å². The highest BCUT2D eigenvalue weighted by molar-refractivity contribution is 8.01. The van der Waals surface area contributed by atoms with Crippen LogP contribution in [0.1, 0.15) is 6.92 Å². The number of nitrogens with zero attached hydrogens (tertiary/aromatic N) is 1. The van der Waals surface area contributed by atoms with E-state index < -0.39 is 4.75 Å². The fraction of sp³-hybridized carbons (Fsp3) is 0.833. The van der Waals surface area contributed by atoms with Crippen molar-refractivity contribution >= 4 is 35.0 Å². The van der Waals surface area contributed by atoms with Gasteiger partial charge in [0.15, 0.2) is 0 Å². The lowest BCUT2D eigenvalue weighted by atomic mass is 10.2. The molecule has 0 rings (SSSR count). The van der Waals surface area contributed by atoms with Crippen LogP contribution in [0.25, 0.3) is 0 Å². The van der Waals surface area contributed by atoms with Gasteiger partial charge in [-0.3, -0.25) is 0 Å². The van der Waals surface area contributed by atoms with Crippen LogP contribution in [0.5, 0.6) is 0 Å². The van der Waals surface area contributed by atoms with E-state index in [1.165, 1.54) is 11.8 Å². The van der Waals surface area contributed by atoms with Crippen molar-refractivity contribution in [2.75, 3.05) is 17.5 Å². The van der Waals surface area contributed by atoms with Gasteiger partial charge in [-0.25, -0.2) is 0 Å². The van der Waals surface area contributed by atoms with Gasteiger partial charge in [-0.1, -0.05) is 0 Å². The van der Waals surface area contributed by atoms with Gasteiger partial charge in [0.2, 0.25) is 0 Å². The van der Waals surface area contributed by atoms with Crippen molar-refractivity contribution in [2.24, 2.45) is 0 Å². The van der Waals surface area contributed by atoms with Crippen molar-refractivity contribution in [2.45, 2.75) is 11.7 Å². The molecular weight excluding hydrogens is 189 g/mol. The summed E-state index contributed by atoms with van der Waals surface area (Å²) in [7, 11) is 0. The Balaban J connectivity index is 3.72. The lowest BCUT2D eigenvalue weighted by Crippen LogP contribution is -2.20. The van der Waals surface area contributed by atoms with Crippen LogP contribution in [0.2, 0.25) is 0 Å². The number of halogens is 2. The van der Waals surface area contributed by atoms with Gasteiger partial charge < -0.3 is 0 Å². The Morgan fingerprint density at radius 2 is 2.20 bits per heavy atom. The molecule has 58 valence electrons. The number of alkyl halides is 2. The predicted octanol–water partition coefficient (Wildman–Crippen LogP) is 2.48. The molecule has 0 aromatic rings. The molecule has 1 unspecified atom stereocenters. The molecule has 0 fully saturated rings. The molecule has 0 N–H and O–H groups in total. The van der Waals surface area contributed by atoms with Crippen molar-refractivity contribution in [3.05, 3.63) is 0 Å². The molecular formula is C6H9Cl2NS. The van der Waals surface area contributed by atoms with E-state index in [-0.39, 0.29) is 0 Å². The van der Waals surface area contributed by atoms with Crippen LogP contribution in [0, 0.1) is 11.3 Å². The summed E-state index contributed by atoms with van der Waals surface area (Å²) in [6.45, 7) is 1.82. The Labute approximate surface area is 75.7 Å². The maximum atomic E-state index is 8.61. The Morgan fingerprint density at radius 3 is 2.50 bits per heavy atom. The number of thioether (sulfide) groups is 1. The van der Waals surface area contributed by atoms with E-state index in [4.69, 9.17) is 28.5 Å². The zero-order chi connectivity index (χ0) is 8.04. The van der Waals surface area contributed by atoms with Crippen LogP contribution < -0.4 is 0 Å². The van der Waals surface area contributed by atoms with E-state index in [0.29, 0.717) is 11.8 Å². The van der Waals surface area contributed by atoms with Crippen molar-refractivity contribution in [1.82, 2.24) is 0 Å². The molecule has 0 saturated carbocycles. The third-order valence-electron chi connectivity index (χ3n) is 0.989. The van der Waals surface area contributed by atoms with Crippen molar-refractivity contribution in [3.8, 4) is 6.07 Å². The molecule has 0 heterocycles. The van der Waals surface area contributed by atoms with E-state index in [9.17, 15) is 0 Å². The predicted molar refractivity (Wildman–Crippen MR) is 47.9 cm³/mol. The van der Waals surface area contributed by atoms with E-state index in [1.54, 1.807) is 0 Å². The van der Waals surface area contributed by atoms with Gasteiger partial charge in [-0.15, -0.1) is 35.0 Å². The molecule has 0 aliphatic rings. The van der Waals surface area contributed by atoms with Crippen molar-refractivity contribution < 1.29 is 0 Å². The minimum absolute atomic E-state index is 0.352. The molecule has 0 aromatic heterocycles. The molecule has 0 radical (unpaired) electrons. The molecule has 0 amide bonds. The van der Waals surface area contributed by atoms with Crippen LogP contribution >= 0.6 is 35.0 Å². The fourth-order valence-electron chi connectivity index (χ4n) is 0.365. The molecule has 0 aromatic carbocycles. The summed E-state index contributed by atoms with van der Waals surface area (Å²) in [5.41, 5.74) is 0. The summed E-state index contributed by atoms with van der Waals surface area (Å²) < 4.78 is -0.462. The highest BCUT2D eigenvalue weighted by Gasteiger charge is 2.22. The first-order valence-corrected chi connectivity index (χ1v) is 4.91. The zero-order valence-electron chi connectivity index (χ0n) is 5.73. The molecule has 0 saturated heterocycles. The molecule has 1 nitrogen and oxygen atoms in total. The summed E-state index contributed by atoms with van der Waals surface area (Å²) in [6, 6.07) is 2.14. The van der Waals surface area contributed by atoms with E-state index in [0.717, 1.165) is 5.75 Å². The van der Waals surface area contributed by atoms with Gasteiger partial charge in [0.1, 0.15) is 4.75 Å². The molecule has 1 atom stereocenters. The standard InChI is InChI=1S/C6H9Cl2NS/c1-6(4-8,5-9)10-3-2-7/h2-4H2,1H3. The average molecular weight is 198 g/mol. The maximum Gasteiger partial charge on any atom is 0.113 e. The number of hydrogen-bond acceptors (Lipinski definition) is 2. The van der Waals surface area contributed by atoms with Crippen molar-refractivity contribution in [1.29, 1.82) is 5.26 Å². The first-order valence-electron chi connectivity index (χ1n) is 2.85. The minimum Gasteiger partial charge on any atom is -0.197 e. The van der Waals surface area contributed by atoms with Gasteiger partial charge in [0.05, 0.1) is 11.9 Å². The topological polar surface area (TPSA) is 23.8 Å². The van der Waals surface area contributed by atoms with Gasteiger partial charge >= 0.3 is 0 Å². The van der Waals surface area contributed by atoms with Crippen LogP contribution in [0.15, 0.2) is 0 Å². The van der Waals surface area contributed by atoms with E-state index in [1.807, 2.05) is 6.92 Å². The third kappa shape index (κ3) is 3.55. The minimum atomic E-state index is -0.462. The Kier molecular flexibility index (Phi) is 5.34.